The number of nitrogens with zero attached hydrogens (tertiary/aromatic N) is 3. The normalized spacial score (nSPS) is 18.2. The molecule has 3 aromatic heterocycles. The lowest BCUT2D eigenvalue weighted by Crippen LogP contribution is -2.46. The summed E-state index contributed by atoms with van der Waals surface area (Å²) in [5, 5.41) is 15.0. The zero-order valence-corrected chi connectivity index (χ0v) is 23.0. The Hall–Kier alpha value is -4.39. The molecule has 4 heterocycles. The molecule has 1 aliphatic carbocycles. The number of hydrogen-bond acceptors (Lipinski definition) is 8. The number of likely N-dealkylation sites (N-methyl/N-ethyl adjacent to an activating group) is 1. The fourth-order valence-corrected chi connectivity index (χ4v) is 5.44. The third kappa shape index (κ3) is 4.67. The van der Waals surface area contributed by atoms with Gasteiger partial charge in [0.25, 0.3) is 0 Å². The van der Waals surface area contributed by atoms with Crippen LogP contribution in [0.5, 0.6) is 11.5 Å². The number of hydrogen-bond donors (Lipinski definition) is 2. The first kappa shape index (κ1) is 27.8. The van der Waals surface area contributed by atoms with Crippen molar-refractivity contribution in [3.63, 3.8) is 0 Å². The van der Waals surface area contributed by atoms with E-state index in [0.29, 0.717) is 40.9 Å². The van der Waals surface area contributed by atoms with Crippen LogP contribution in [0, 0.1) is 11.3 Å². The first-order chi connectivity index (χ1) is 19.9. The van der Waals surface area contributed by atoms with Crippen molar-refractivity contribution < 1.29 is 36.4 Å². The van der Waals surface area contributed by atoms with E-state index in [2.05, 4.69) is 10.5 Å². The minimum absolute atomic E-state index is 0.00418. The van der Waals surface area contributed by atoms with E-state index in [-0.39, 0.29) is 47.7 Å². The molecule has 220 valence electrons. The highest BCUT2D eigenvalue weighted by Gasteiger charge is 2.67. The Morgan fingerprint density at radius 1 is 1.19 bits per heavy atom. The van der Waals surface area contributed by atoms with Gasteiger partial charge in [-0.15, -0.1) is 0 Å². The largest absolute Gasteiger partial charge is 0.454 e. The number of fused-ring (bicyclic) bond motifs is 2. The smallest absolute Gasteiger partial charge is 0.401 e. The maximum atomic E-state index is 13.4. The average molecular weight is 584 g/mol. The molecule has 1 amide bonds. The average Bonchev–Trinajstić information content (AvgIpc) is 3.46. The number of benzene rings is 1. The molecule has 2 aliphatic rings. The van der Waals surface area contributed by atoms with Gasteiger partial charge >= 0.3 is 12.2 Å². The van der Waals surface area contributed by atoms with E-state index in [1.807, 2.05) is 25.8 Å². The lowest BCUT2D eigenvalue weighted by Gasteiger charge is -2.34. The van der Waals surface area contributed by atoms with Crippen LogP contribution in [0.1, 0.15) is 43.6 Å². The molecule has 0 spiro atoms. The molecule has 13 heteroatoms. The van der Waals surface area contributed by atoms with Crippen molar-refractivity contribution in [1.29, 1.82) is 5.41 Å². The Balaban J connectivity index is 1.20. The van der Waals surface area contributed by atoms with E-state index in [1.165, 1.54) is 17.0 Å². The highest BCUT2D eigenvalue weighted by atomic mass is 19.4. The molecule has 1 saturated carbocycles. The summed E-state index contributed by atoms with van der Waals surface area (Å²) in [7, 11) is 1.87. The van der Waals surface area contributed by atoms with Crippen LogP contribution in [0.2, 0.25) is 0 Å². The predicted molar refractivity (Wildman–Crippen MR) is 143 cm³/mol. The van der Waals surface area contributed by atoms with Crippen molar-refractivity contribution in [2.45, 2.75) is 57.3 Å². The first-order valence-electron chi connectivity index (χ1n) is 13.4. The molecular formula is C29H28F3N5O5. The zero-order valence-electron chi connectivity index (χ0n) is 23.0. The van der Waals surface area contributed by atoms with Crippen LogP contribution < -0.4 is 15.6 Å². The number of anilines is 1. The van der Waals surface area contributed by atoms with Gasteiger partial charge in [0.1, 0.15) is 17.4 Å². The second kappa shape index (κ2) is 9.86. The van der Waals surface area contributed by atoms with Crippen LogP contribution in [0.15, 0.2) is 51.7 Å². The van der Waals surface area contributed by atoms with Crippen LogP contribution in [0.4, 0.5) is 23.8 Å². The Kier molecular flexibility index (Phi) is 6.52. The number of ether oxygens (including phenoxy) is 1. The van der Waals surface area contributed by atoms with Crippen molar-refractivity contribution in [3.05, 3.63) is 65.2 Å². The van der Waals surface area contributed by atoms with Crippen LogP contribution in [0.25, 0.3) is 10.9 Å². The van der Waals surface area contributed by atoms with E-state index >= 15 is 0 Å². The van der Waals surface area contributed by atoms with Crippen molar-refractivity contribution >= 4 is 28.5 Å². The molecule has 4 aromatic rings. The summed E-state index contributed by atoms with van der Waals surface area (Å²) in [5.74, 6) is 0.426. The van der Waals surface area contributed by atoms with Crippen molar-refractivity contribution in [3.8, 4) is 11.5 Å². The van der Waals surface area contributed by atoms with Gasteiger partial charge in [0.05, 0.1) is 11.6 Å². The van der Waals surface area contributed by atoms with Crippen LogP contribution in [-0.2, 0) is 23.2 Å². The quantitative estimate of drug-likeness (QED) is 0.296. The number of halogens is 3. The number of alkyl halides is 3. The van der Waals surface area contributed by atoms with Crippen molar-refractivity contribution in [1.82, 2.24) is 14.6 Å². The second-order valence-corrected chi connectivity index (χ2v) is 11.2. The Labute approximate surface area is 237 Å². The van der Waals surface area contributed by atoms with E-state index in [4.69, 9.17) is 19.1 Å². The van der Waals surface area contributed by atoms with Gasteiger partial charge in [0, 0.05) is 47.7 Å². The fraction of sp³-hybridized carbons (Fsp3) is 0.379. The summed E-state index contributed by atoms with van der Waals surface area (Å²) in [6.07, 6.45) is -1.36. The summed E-state index contributed by atoms with van der Waals surface area (Å²) in [6, 6.07) is 6.91. The SMILES string of the molecule is CC(C)C(=O)[C@@H]1Cc2c(c(Oc3ccc4c(ccn4C(=O)Nc4cc(C5(C(F)(F)F)CC5)on4)c3)coc2=N)CN1C. The Morgan fingerprint density at radius 3 is 2.64 bits per heavy atom. The third-order valence-electron chi connectivity index (χ3n) is 8.07. The summed E-state index contributed by atoms with van der Waals surface area (Å²) >= 11 is 0. The van der Waals surface area contributed by atoms with Crippen molar-refractivity contribution in [2.75, 3.05) is 12.4 Å². The van der Waals surface area contributed by atoms with E-state index in [0.717, 1.165) is 11.6 Å². The van der Waals surface area contributed by atoms with Gasteiger partial charge in [0.2, 0.25) is 5.55 Å². The number of rotatable bonds is 6. The van der Waals surface area contributed by atoms with Crippen LogP contribution in [0.3, 0.4) is 0 Å². The third-order valence-corrected chi connectivity index (χ3v) is 8.07. The number of aromatic nitrogens is 2. The van der Waals surface area contributed by atoms with Crippen LogP contribution in [-0.4, -0.2) is 45.7 Å². The zero-order chi connectivity index (χ0) is 30.0. The summed E-state index contributed by atoms with van der Waals surface area (Å²) in [5.41, 5.74) is -0.109. The highest BCUT2D eigenvalue weighted by molar-refractivity contribution is 5.98. The monoisotopic (exact) mass is 583 g/mol. The molecule has 0 bridgehead atoms. The van der Waals surface area contributed by atoms with Gasteiger partial charge in [-0.05, 0) is 44.2 Å². The molecule has 6 rings (SSSR count). The summed E-state index contributed by atoms with van der Waals surface area (Å²) < 4.78 is 58.0. The Morgan fingerprint density at radius 2 is 1.95 bits per heavy atom. The maximum absolute atomic E-state index is 13.4. The maximum Gasteiger partial charge on any atom is 0.401 e. The number of carbonyl (C=O) groups is 2. The molecule has 1 aliphatic heterocycles. The van der Waals surface area contributed by atoms with E-state index in [9.17, 15) is 22.8 Å². The molecule has 0 unspecified atom stereocenters. The van der Waals surface area contributed by atoms with Gasteiger partial charge in [-0.3, -0.25) is 25.0 Å². The highest BCUT2D eigenvalue weighted by Crippen LogP contribution is 2.59. The van der Waals surface area contributed by atoms with Gasteiger partial charge in [-0.25, -0.2) is 4.79 Å². The molecule has 0 saturated heterocycles. The van der Waals surface area contributed by atoms with Crippen molar-refractivity contribution in [2.24, 2.45) is 5.92 Å². The van der Waals surface area contributed by atoms with E-state index in [1.54, 1.807) is 24.3 Å². The van der Waals surface area contributed by atoms with Gasteiger partial charge in [0.15, 0.2) is 23.1 Å². The lowest BCUT2D eigenvalue weighted by molar-refractivity contribution is -0.165. The number of amides is 1. The van der Waals surface area contributed by atoms with E-state index < -0.39 is 17.6 Å². The lowest BCUT2D eigenvalue weighted by atomic mass is 9.89. The molecule has 10 nitrogen and oxygen atoms in total. The molecule has 1 fully saturated rings. The summed E-state index contributed by atoms with van der Waals surface area (Å²) in [6.45, 7) is 4.12. The minimum atomic E-state index is -4.45. The molecule has 1 atom stereocenters. The van der Waals surface area contributed by atoms with Crippen LogP contribution >= 0.6 is 0 Å². The number of ketones is 1. The Bertz CT molecular complexity index is 1770. The van der Waals surface area contributed by atoms with Gasteiger partial charge in [-0.2, -0.15) is 13.2 Å². The number of carbonyl (C=O) groups excluding carboxylic acids is 2. The molecule has 42 heavy (non-hydrogen) atoms. The molecule has 1 aromatic carbocycles. The van der Waals surface area contributed by atoms with Gasteiger partial charge < -0.3 is 13.7 Å². The summed E-state index contributed by atoms with van der Waals surface area (Å²) in [4.78, 5) is 27.6. The molecule has 0 radical (unpaired) electrons. The first-order valence-corrected chi connectivity index (χ1v) is 13.4. The number of Topliss-reactive ketones (excluding diaryl/α,β-unsaturated/α-hetero) is 1. The number of nitrogens with one attached hydrogen (secondary N) is 2. The standard InChI is InChI=1S/C29H28F3N5O5/c1-15(2)25(38)21-11-18-19(13-36(21)3)22(14-40-26(18)33)41-17-4-5-20-16(10-17)6-9-37(20)27(39)34-24-12-23(42-35-24)28(7-8-28)29(30,31)32/h4-6,9-10,12,14-15,21,33H,7-8,11,13H2,1-3H3,(H,34,35,39)/t21-/m0/s1. The minimum Gasteiger partial charge on any atom is -0.454 e. The second-order valence-electron chi connectivity index (χ2n) is 11.2. The topological polar surface area (TPSA) is 127 Å². The predicted octanol–water partition coefficient (Wildman–Crippen LogP) is 5.75. The molecule has 2 N–H and O–H groups in total. The van der Waals surface area contributed by atoms with Gasteiger partial charge in [-0.1, -0.05) is 19.0 Å². The fourth-order valence-electron chi connectivity index (χ4n) is 5.44. The molecular weight excluding hydrogens is 555 g/mol.